The van der Waals surface area contributed by atoms with Crippen LogP contribution in [0.2, 0.25) is 0 Å². The number of esters is 1. The predicted octanol–water partition coefficient (Wildman–Crippen LogP) is 1.49. The summed E-state index contributed by atoms with van der Waals surface area (Å²) in [5.41, 5.74) is 0.574. The van der Waals surface area contributed by atoms with Gasteiger partial charge in [-0.1, -0.05) is 0 Å². The van der Waals surface area contributed by atoms with Crippen LogP contribution >= 0.6 is 11.3 Å². The van der Waals surface area contributed by atoms with Crippen molar-refractivity contribution in [2.45, 2.75) is 6.42 Å². The maximum Gasteiger partial charge on any atom is 0.313 e. The summed E-state index contributed by atoms with van der Waals surface area (Å²) in [5.74, 6) is -0.686. The Balaban J connectivity index is 2.56. The Morgan fingerprint density at radius 3 is 2.83 bits per heavy atom. The molecule has 0 fully saturated rings. The lowest BCUT2D eigenvalue weighted by Crippen LogP contribution is -2.08. The summed E-state index contributed by atoms with van der Waals surface area (Å²) >= 11 is 1.43. The van der Waals surface area contributed by atoms with Crippen LogP contribution in [0.15, 0.2) is 16.8 Å². The fourth-order valence-corrected chi connectivity index (χ4v) is 1.39. The third-order valence-corrected chi connectivity index (χ3v) is 2.06. The first-order valence-electron chi connectivity index (χ1n) is 3.36. The van der Waals surface area contributed by atoms with Gasteiger partial charge in [-0.2, -0.15) is 11.3 Å². The number of carbonyl (C=O) groups is 2. The first kappa shape index (κ1) is 8.93. The van der Waals surface area contributed by atoms with Gasteiger partial charge >= 0.3 is 5.97 Å². The second-order valence-corrected chi connectivity index (χ2v) is 2.97. The number of rotatable bonds is 3. The molecule has 0 saturated heterocycles. The van der Waals surface area contributed by atoms with E-state index in [0.29, 0.717) is 5.56 Å². The monoisotopic (exact) mass is 184 g/mol. The fourth-order valence-electron chi connectivity index (χ4n) is 0.728. The van der Waals surface area contributed by atoms with Gasteiger partial charge in [-0.25, -0.2) is 0 Å². The Morgan fingerprint density at radius 2 is 2.33 bits per heavy atom. The van der Waals surface area contributed by atoms with Crippen LogP contribution in [0.3, 0.4) is 0 Å². The number of hydrogen-bond donors (Lipinski definition) is 0. The van der Waals surface area contributed by atoms with Gasteiger partial charge in [0.15, 0.2) is 5.78 Å². The highest BCUT2D eigenvalue weighted by Gasteiger charge is 2.11. The number of thiophene rings is 1. The van der Waals surface area contributed by atoms with Crippen LogP contribution < -0.4 is 0 Å². The van der Waals surface area contributed by atoms with E-state index in [9.17, 15) is 9.59 Å². The number of ketones is 1. The Morgan fingerprint density at radius 1 is 1.58 bits per heavy atom. The molecule has 0 bridgehead atoms. The zero-order valence-electron chi connectivity index (χ0n) is 6.57. The van der Waals surface area contributed by atoms with Crippen LogP contribution in [0.1, 0.15) is 16.8 Å². The molecule has 4 heteroatoms. The average molecular weight is 184 g/mol. The van der Waals surface area contributed by atoms with E-state index in [1.54, 1.807) is 16.8 Å². The lowest BCUT2D eigenvalue weighted by molar-refractivity contribution is -0.139. The molecule has 0 aromatic carbocycles. The SMILES string of the molecule is COC(=O)CC(=O)c1ccsc1. The molecule has 0 unspecified atom stereocenters. The van der Waals surface area contributed by atoms with Crippen LogP contribution in [-0.2, 0) is 9.53 Å². The number of hydrogen-bond acceptors (Lipinski definition) is 4. The van der Waals surface area contributed by atoms with Crippen molar-refractivity contribution in [3.05, 3.63) is 22.4 Å². The molecule has 1 rings (SSSR count). The molecule has 64 valence electrons. The van der Waals surface area contributed by atoms with Gasteiger partial charge in [0.25, 0.3) is 0 Å². The summed E-state index contributed by atoms with van der Waals surface area (Å²) in [7, 11) is 1.27. The number of methoxy groups -OCH3 is 1. The number of ether oxygens (including phenoxy) is 1. The van der Waals surface area contributed by atoms with E-state index in [2.05, 4.69) is 4.74 Å². The maximum absolute atomic E-state index is 11.2. The molecule has 0 amide bonds. The minimum atomic E-state index is -0.494. The molecule has 0 radical (unpaired) electrons. The second-order valence-electron chi connectivity index (χ2n) is 2.19. The van der Waals surface area contributed by atoms with Gasteiger partial charge in [0.1, 0.15) is 6.42 Å². The van der Waals surface area contributed by atoms with Crippen molar-refractivity contribution in [3.63, 3.8) is 0 Å². The summed E-state index contributed by atoms with van der Waals surface area (Å²) in [4.78, 5) is 21.9. The van der Waals surface area contributed by atoms with Gasteiger partial charge < -0.3 is 4.74 Å². The quantitative estimate of drug-likeness (QED) is 0.406. The molecule has 0 aliphatic rings. The topological polar surface area (TPSA) is 43.4 Å². The van der Waals surface area contributed by atoms with E-state index >= 15 is 0 Å². The third kappa shape index (κ3) is 2.17. The molecular weight excluding hydrogens is 176 g/mol. The molecule has 0 atom stereocenters. The minimum Gasteiger partial charge on any atom is -0.469 e. The number of carbonyl (C=O) groups excluding carboxylic acids is 2. The van der Waals surface area contributed by atoms with Crippen molar-refractivity contribution < 1.29 is 14.3 Å². The van der Waals surface area contributed by atoms with Crippen molar-refractivity contribution >= 4 is 23.1 Å². The van der Waals surface area contributed by atoms with Crippen LogP contribution in [0.25, 0.3) is 0 Å². The standard InChI is InChI=1S/C8H8O3S/c1-11-8(10)4-7(9)6-2-3-12-5-6/h2-3,5H,4H2,1H3. The summed E-state index contributed by atoms with van der Waals surface area (Å²) in [5, 5.41) is 3.51. The zero-order chi connectivity index (χ0) is 8.97. The Labute approximate surface area is 74.0 Å². The Bertz CT molecular complexity index is 277. The van der Waals surface area contributed by atoms with E-state index in [4.69, 9.17) is 0 Å². The highest BCUT2D eigenvalue weighted by Crippen LogP contribution is 2.08. The smallest absolute Gasteiger partial charge is 0.313 e. The molecule has 0 spiro atoms. The molecule has 0 aliphatic carbocycles. The van der Waals surface area contributed by atoms with E-state index in [0.717, 1.165) is 0 Å². The number of Topliss-reactive ketones (excluding diaryl/α,β-unsaturated/α-hetero) is 1. The lowest BCUT2D eigenvalue weighted by atomic mass is 10.2. The van der Waals surface area contributed by atoms with Gasteiger partial charge in [-0.05, 0) is 11.4 Å². The molecule has 1 heterocycles. The largest absolute Gasteiger partial charge is 0.469 e. The van der Waals surface area contributed by atoms with Crippen molar-refractivity contribution in [1.82, 2.24) is 0 Å². The van der Waals surface area contributed by atoms with Crippen LogP contribution in [-0.4, -0.2) is 18.9 Å². The van der Waals surface area contributed by atoms with Crippen LogP contribution in [0.4, 0.5) is 0 Å². The van der Waals surface area contributed by atoms with Gasteiger partial charge in [-0.3, -0.25) is 9.59 Å². The lowest BCUT2D eigenvalue weighted by Gasteiger charge is -1.95. The van der Waals surface area contributed by atoms with Crippen molar-refractivity contribution in [2.75, 3.05) is 7.11 Å². The summed E-state index contributed by atoms with van der Waals surface area (Å²) < 4.78 is 4.36. The van der Waals surface area contributed by atoms with Gasteiger partial charge in [-0.15, -0.1) is 0 Å². The average Bonchev–Trinajstić information content (AvgIpc) is 2.56. The molecular formula is C8H8O3S. The van der Waals surface area contributed by atoms with Gasteiger partial charge in [0.05, 0.1) is 7.11 Å². The molecule has 12 heavy (non-hydrogen) atoms. The summed E-state index contributed by atoms with van der Waals surface area (Å²) in [6.07, 6.45) is -0.173. The van der Waals surface area contributed by atoms with Crippen LogP contribution in [0.5, 0.6) is 0 Å². The molecule has 0 aliphatic heterocycles. The highest BCUT2D eigenvalue weighted by molar-refractivity contribution is 7.08. The Hall–Kier alpha value is -1.16. The van der Waals surface area contributed by atoms with E-state index in [1.807, 2.05) is 0 Å². The summed E-state index contributed by atoms with van der Waals surface area (Å²) in [6.45, 7) is 0. The third-order valence-electron chi connectivity index (χ3n) is 1.38. The van der Waals surface area contributed by atoms with E-state index in [-0.39, 0.29) is 12.2 Å². The molecule has 1 aromatic heterocycles. The second kappa shape index (κ2) is 4.01. The molecule has 3 nitrogen and oxygen atoms in total. The van der Waals surface area contributed by atoms with Crippen molar-refractivity contribution in [3.8, 4) is 0 Å². The predicted molar refractivity (Wildman–Crippen MR) is 45.3 cm³/mol. The van der Waals surface area contributed by atoms with Gasteiger partial charge in [0, 0.05) is 10.9 Å². The van der Waals surface area contributed by atoms with Crippen molar-refractivity contribution in [2.24, 2.45) is 0 Å². The maximum atomic E-state index is 11.2. The summed E-state index contributed by atoms with van der Waals surface area (Å²) in [6, 6.07) is 1.69. The molecule has 1 aromatic rings. The normalized spacial score (nSPS) is 9.42. The fraction of sp³-hybridized carbons (Fsp3) is 0.250. The zero-order valence-corrected chi connectivity index (χ0v) is 7.39. The first-order chi connectivity index (χ1) is 5.74. The molecule has 0 N–H and O–H groups in total. The highest BCUT2D eigenvalue weighted by atomic mass is 32.1. The van der Waals surface area contributed by atoms with Crippen molar-refractivity contribution in [1.29, 1.82) is 0 Å². The van der Waals surface area contributed by atoms with E-state index in [1.165, 1.54) is 18.4 Å². The minimum absolute atomic E-state index is 0.173. The Kier molecular flexibility index (Phi) is 2.99. The first-order valence-corrected chi connectivity index (χ1v) is 4.30. The van der Waals surface area contributed by atoms with Crippen LogP contribution in [0, 0.1) is 0 Å². The van der Waals surface area contributed by atoms with Gasteiger partial charge in [0.2, 0.25) is 0 Å². The van der Waals surface area contributed by atoms with E-state index < -0.39 is 5.97 Å². The molecule has 0 saturated carbocycles.